The molecule has 3 aliphatic heterocycles. The van der Waals surface area contributed by atoms with E-state index in [0.29, 0.717) is 48.4 Å². The first kappa shape index (κ1) is 37.1. The number of amides is 5. The predicted octanol–water partition coefficient (Wildman–Crippen LogP) is 4.03. The number of imidazole rings is 1. The lowest BCUT2D eigenvalue weighted by molar-refractivity contribution is -0.137. The third-order valence-electron chi connectivity index (χ3n) is 10.8. The second-order valence-electron chi connectivity index (χ2n) is 14.2. The zero-order valence-electron chi connectivity index (χ0n) is 31.8. The lowest BCUT2D eigenvalue weighted by Gasteiger charge is -2.29. The second kappa shape index (κ2) is 15.3. The second-order valence-corrected chi connectivity index (χ2v) is 14.2. The summed E-state index contributed by atoms with van der Waals surface area (Å²) in [5, 5.41) is 7.05. The van der Waals surface area contributed by atoms with Crippen molar-refractivity contribution >= 4 is 40.3 Å². The maximum absolute atomic E-state index is 13.1. The van der Waals surface area contributed by atoms with Crippen LogP contribution in [0.15, 0.2) is 60.8 Å². The Labute approximate surface area is 328 Å². The van der Waals surface area contributed by atoms with Crippen LogP contribution in [0.4, 0.5) is 0 Å². The number of imide groups is 1. The smallest absolute Gasteiger partial charge is 0.270 e. The van der Waals surface area contributed by atoms with E-state index in [9.17, 15) is 24.0 Å². The molecule has 0 bridgehead atoms. The van der Waals surface area contributed by atoms with Crippen molar-refractivity contribution in [2.75, 3.05) is 20.2 Å². The third kappa shape index (κ3) is 6.97. The van der Waals surface area contributed by atoms with Crippen molar-refractivity contribution in [3.05, 3.63) is 94.7 Å². The van der Waals surface area contributed by atoms with Gasteiger partial charge >= 0.3 is 0 Å². The van der Waals surface area contributed by atoms with Gasteiger partial charge in [0.05, 0.1) is 36.3 Å². The molecule has 5 amide bonds. The van der Waals surface area contributed by atoms with Gasteiger partial charge in [-0.2, -0.15) is 0 Å². The highest BCUT2D eigenvalue weighted by atomic mass is 16.5. The molecular weight excluding hydrogens is 725 g/mol. The first-order chi connectivity index (χ1) is 27.6. The predicted molar refractivity (Wildman–Crippen MR) is 210 cm³/mol. The minimum absolute atomic E-state index is 0.0434. The average molecular weight is 765 g/mol. The summed E-state index contributed by atoms with van der Waals surface area (Å²) in [5.74, 6) is 6.05. The molecule has 5 aromatic rings. The van der Waals surface area contributed by atoms with Gasteiger partial charge in [0, 0.05) is 80.6 Å². The molecule has 1 unspecified atom stereocenters. The number of methoxy groups -OCH3 is 1. The number of rotatable bonds is 8. The molecule has 0 spiro atoms. The summed E-state index contributed by atoms with van der Waals surface area (Å²) in [6.45, 7) is 6.05. The Morgan fingerprint density at radius 1 is 1.00 bits per heavy atom. The van der Waals surface area contributed by atoms with Crippen LogP contribution in [0, 0.1) is 11.8 Å². The van der Waals surface area contributed by atoms with Crippen LogP contribution in [-0.4, -0.2) is 85.1 Å². The van der Waals surface area contributed by atoms with Crippen molar-refractivity contribution in [2.24, 2.45) is 0 Å². The maximum atomic E-state index is 13.1. The number of carbonyl (C=O) groups excluding carboxylic acids is 5. The number of carbonyl (C=O) groups is 5. The molecule has 3 aromatic heterocycles. The van der Waals surface area contributed by atoms with Crippen LogP contribution in [0.25, 0.3) is 33.3 Å². The van der Waals surface area contributed by atoms with Crippen LogP contribution in [0.2, 0.25) is 0 Å². The maximum Gasteiger partial charge on any atom is 0.270 e. The van der Waals surface area contributed by atoms with Gasteiger partial charge in [-0.3, -0.25) is 34.3 Å². The largest absolute Gasteiger partial charge is 0.480 e. The molecule has 14 heteroatoms. The summed E-state index contributed by atoms with van der Waals surface area (Å²) >= 11 is 0. The van der Waals surface area contributed by atoms with Crippen LogP contribution in [0.5, 0.6) is 5.88 Å². The molecule has 57 heavy (non-hydrogen) atoms. The highest BCUT2D eigenvalue weighted by Crippen LogP contribution is 2.36. The van der Waals surface area contributed by atoms with Gasteiger partial charge in [0.15, 0.2) is 0 Å². The molecule has 2 N–H and O–H groups in total. The van der Waals surface area contributed by atoms with E-state index in [1.165, 1.54) is 12.0 Å². The number of nitrogens with one attached hydrogen (secondary N) is 2. The van der Waals surface area contributed by atoms with Gasteiger partial charge in [-0.1, -0.05) is 43.0 Å². The summed E-state index contributed by atoms with van der Waals surface area (Å²) in [4.78, 5) is 80.2. The highest BCUT2D eigenvalue weighted by molar-refractivity contribution is 6.05. The molecule has 288 valence electrons. The Bertz CT molecular complexity index is 2570. The van der Waals surface area contributed by atoms with Crippen molar-refractivity contribution in [3.63, 3.8) is 0 Å². The first-order valence-electron chi connectivity index (χ1n) is 19.0. The number of benzene rings is 2. The summed E-state index contributed by atoms with van der Waals surface area (Å²) in [5.41, 5.74) is 6.17. The van der Waals surface area contributed by atoms with Crippen LogP contribution < -0.4 is 15.4 Å². The molecular formula is C43H40N8O6. The topological polar surface area (TPSA) is 169 Å². The molecule has 8 rings (SSSR count). The number of piperidine rings is 1. The number of hydrogen-bond acceptors (Lipinski definition) is 9. The quantitative estimate of drug-likeness (QED) is 0.135. The van der Waals surface area contributed by atoms with Gasteiger partial charge in [0.2, 0.25) is 23.6 Å². The fraction of sp³-hybridized carbons (Fsp3) is 0.302. The monoisotopic (exact) mass is 764 g/mol. The molecule has 2 aromatic carbocycles. The normalized spacial score (nSPS) is 16.1. The van der Waals surface area contributed by atoms with Crippen LogP contribution in [0.1, 0.15) is 76.6 Å². The number of nitrogens with zero attached hydrogens (tertiary/aromatic N) is 6. The Hall–Kier alpha value is -6.88. The minimum Gasteiger partial charge on any atom is -0.480 e. The van der Waals surface area contributed by atoms with Crippen LogP contribution in [0.3, 0.4) is 0 Å². The lowest BCUT2D eigenvalue weighted by atomic mass is 10.0. The standard InChI is InChI=1S/C43H40N8O6/c1-4-37-47-39(36-24-49(25(2)52)19-20-50(36)37)28-12-8-11-27-21-34(45-22-31(27)28)30-14-15-33(46-42(30)57-3)40(54)44-18-6-5-9-26-10-7-13-29-32(26)23-51(43(29)56)35-16-17-38(53)48-41(35)55/h7-8,10-15,21-22,35H,4,6,16-20,23-24H2,1-3H3,(H,44,54)(H,48,53,55). The van der Waals surface area contributed by atoms with Gasteiger partial charge in [-0.15, -0.1) is 0 Å². The molecule has 0 aliphatic carbocycles. The summed E-state index contributed by atoms with van der Waals surface area (Å²) in [7, 11) is 1.50. The zero-order valence-corrected chi connectivity index (χ0v) is 31.8. The van der Waals surface area contributed by atoms with Crippen LogP contribution >= 0.6 is 0 Å². The molecule has 1 saturated heterocycles. The lowest BCUT2D eigenvalue weighted by Crippen LogP contribution is -2.52. The number of ether oxygens (including phenoxy) is 1. The van der Waals surface area contributed by atoms with Gasteiger partial charge in [0.25, 0.3) is 11.8 Å². The Morgan fingerprint density at radius 3 is 2.61 bits per heavy atom. The third-order valence-corrected chi connectivity index (χ3v) is 10.8. The molecule has 3 aliphatic rings. The number of fused-ring (bicyclic) bond motifs is 3. The molecule has 14 nitrogen and oxygen atoms in total. The van der Waals surface area contributed by atoms with E-state index in [1.807, 2.05) is 41.4 Å². The summed E-state index contributed by atoms with van der Waals surface area (Å²) in [6, 6.07) is 16.0. The zero-order chi connectivity index (χ0) is 39.8. The number of aryl methyl sites for hydroxylation is 1. The van der Waals surface area contributed by atoms with Gasteiger partial charge in [0.1, 0.15) is 17.6 Å². The first-order valence-corrected chi connectivity index (χ1v) is 19.0. The van der Waals surface area contributed by atoms with Crippen molar-refractivity contribution in [1.82, 2.24) is 40.0 Å². The van der Waals surface area contributed by atoms with E-state index in [-0.39, 0.29) is 61.1 Å². The average Bonchev–Trinajstić information content (AvgIpc) is 3.77. The van der Waals surface area contributed by atoms with E-state index in [0.717, 1.165) is 45.5 Å². The Kier molecular flexibility index (Phi) is 9.97. The number of hydrogen-bond donors (Lipinski definition) is 2. The molecule has 6 heterocycles. The van der Waals surface area contributed by atoms with E-state index >= 15 is 0 Å². The summed E-state index contributed by atoms with van der Waals surface area (Å²) < 4.78 is 7.87. The van der Waals surface area contributed by atoms with E-state index < -0.39 is 11.9 Å². The molecule has 0 saturated carbocycles. The van der Waals surface area contributed by atoms with Gasteiger partial charge < -0.3 is 24.4 Å². The molecule has 1 atom stereocenters. The van der Waals surface area contributed by atoms with Crippen molar-refractivity contribution < 1.29 is 28.7 Å². The number of pyridine rings is 2. The number of aromatic nitrogens is 4. The fourth-order valence-corrected chi connectivity index (χ4v) is 7.83. The minimum atomic E-state index is -0.701. The fourth-order valence-electron chi connectivity index (χ4n) is 7.83. The van der Waals surface area contributed by atoms with Crippen molar-refractivity contribution in [1.29, 1.82) is 0 Å². The van der Waals surface area contributed by atoms with E-state index in [2.05, 4.69) is 38.9 Å². The Morgan fingerprint density at radius 2 is 1.82 bits per heavy atom. The summed E-state index contributed by atoms with van der Waals surface area (Å²) in [6.07, 6.45) is 3.42. The van der Waals surface area contributed by atoms with Crippen molar-refractivity contribution in [2.45, 2.75) is 65.2 Å². The Balaban J connectivity index is 0.944. The molecule has 1 fully saturated rings. The van der Waals surface area contributed by atoms with Gasteiger partial charge in [-0.05, 0) is 47.7 Å². The van der Waals surface area contributed by atoms with E-state index in [1.54, 1.807) is 31.2 Å². The van der Waals surface area contributed by atoms with Gasteiger partial charge in [-0.25, -0.2) is 9.97 Å². The molecule has 0 radical (unpaired) electrons. The van der Waals surface area contributed by atoms with Crippen molar-refractivity contribution in [3.8, 4) is 40.2 Å². The highest BCUT2D eigenvalue weighted by Gasteiger charge is 2.39. The SMILES string of the molecule is CCc1nc(-c2cccc3cc(-c4ccc(C(=O)NCCC#Cc5cccc6c5CN(C5CCC(=O)NC5=O)C6=O)nc4OC)ncc23)c2n1CCN(C(C)=O)C2. The van der Waals surface area contributed by atoms with Crippen LogP contribution in [-0.2, 0) is 40.4 Å². The van der Waals surface area contributed by atoms with E-state index in [4.69, 9.17) is 14.7 Å².